The van der Waals surface area contributed by atoms with Crippen molar-refractivity contribution < 1.29 is 9.53 Å². The molecule has 0 bridgehead atoms. The van der Waals surface area contributed by atoms with Crippen LogP contribution in [0.3, 0.4) is 0 Å². The fourth-order valence-corrected chi connectivity index (χ4v) is 1.97. The third kappa shape index (κ3) is 4.86. The van der Waals surface area contributed by atoms with Crippen molar-refractivity contribution in [2.75, 3.05) is 19.0 Å². The Hall–Kier alpha value is -1.03. The molecule has 0 aliphatic heterocycles. The van der Waals surface area contributed by atoms with Gasteiger partial charge in [0.15, 0.2) is 0 Å². The van der Waals surface area contributed by atoms with Crippen LogP contribution in [-0.2, 0) is 0 Å². The van der Waals surface area contributed by atoms with Crippen molar-refractivity contribution in [1.82, 2.24) is 4.90 Å². The SMILES string of the molecule is CCCCOc1ccc(C(=O)N(C)C(C)CBr)cc1. The first-order valence-corrected chi connectivity index (χ1v) is 7.78. The van der Waals surface area contributed by atoms with Gasteiger partial charge < -0.3 is 9.64 Å². The largest absolute Gasteiger partial charge is 0.494 e. The number of unbranched alkanes of at least 4 members (excludes halogenated alkanes) is 1. The molecular formula is C15H22BrNO2. The fourth-order valence-electron chi connectivity index (χ4n) is 1.54. The van der Waals surface area contributed by atoms with E-state index in [1.807, 2.05) is 38.2 Å². The lowest BCUT2D eigenvalue weighted by Gasteiger charge is -2.23. The Kier molecular flexibility index (Phi) is 6.92. The molecule has 0 radical (unpaired) electrons. The molecule has 19 heavy (non-hydrogen) atoms. The van der Waals surface area contributed by atoms with E-state index in [0.717, 1.165) is 30.5 Å². The molecule has 0 N–H and O–H groups in total. The number of ether oxygens (including phenoxy) is 1. The van der Waals surface area contributed by atoms with Gasteiger partial charge >= 0.3 is 0 Å². The zero-order chi connectivity index (χ0) is 14.3. The molecule has 0 fully saturated rings. The Labute approximate surface area is 124 Å². The summed E-state index contributed by atoms with van der Waals surface area (Å²) in [6, 6.07) is 7.53. The predicted octanol–water partition coefficient (Wildman–Crippen LogP) is 3.72. The summed E-state index contributed by atoms with van der Waals surface area (Å²) in [6.07, 6.45) is 2.16. The number of amides is 1. The average molecular weight is 328 g/mol. The number of benzene rings is 1. The first-order chi connectivity index (χ1) is 9.10. The Morgan fingerprint density at radius 1 is 1.37 bits per heavy atom. The zero-order valence-electron chi connectivity index (χ0n) is 11.9. The molecule has 106 valence electrons. The number of carbonyl (C=O) groups excluding carboxylic acids is 1. The van der Waals surface area contributed by atoms with Crippen LogP contribution in [0.25, 0.3) is 0 Å². The molecule has 1 aromatic carbocycles. The molecule has 0 spiro atoms. The quantitative estimate of drug-likeness (QED) is 0.564. The third-order valence-corrected chi connectivity index (χ3v) is 4.01. The van der Waals surface area contributed by atoms with Crippen LogP contribution in [0.5, 0.6) is 5.75 Å². The van der Waals surface area contributed by atoms with Gasteiger partial charge in [-0.2, -0.15) is 0 Å². The van der Waals surface area contributed by atoms with Crippen molar-refractivity contribution in [3.8, 4) is 5.75 Å². The first kappa shape index (κ1) is 16.0. The van der Waals surface area contributed by atoms with Crippen LogP contribution in [-0.4, -0.2) is 35.8 Å². The van der Waals surface area contributed by atoms with Gasteiger partial charge in [-0.05, 0) is 37.6 Å². The minimum Gasteiger partial charge on any atom is -0.494 e. The van der Waals surface area contributed by atoms with Gasteiger partial charge in [0, 0.05) is 24.0 Å². The van der Waals surface area contributed by atoms with E-state index >= 15 is 0 Å². The second-order valence-electron chi connectivity index (χ2n) is 4.65. The topological polar surface area (TPSA) is 29.5 Å². The summed E-state index contributed by atoms with van der Waals surface area (Å²) in [7, 11) is 1.82. The average Bonchev–Trinajstić information content (AvgIpc) is 2.46. The summed E-state index contributed by atoms with van der Waals surface area (Å²) in [5.41, 5.74) is 0.693. The van der Waals surface area contributed by atoms with Crippen LogP contribution in [0.1, 0.15) is 37.0 Å². The van der Waals surface area contributed by atoms with Gasteiger partial charge in [-0.25, -0.2) is 0 Å². The van der Waals surface area contributed by atoms with Crippen molar-refractivity contribution in [3.63, 3.8) is 0 Å². The zero-order valence-corrected chi connectivity index (χ0v) is 13.4. The summed E-state index contributed by atoms with van der Waals surface area (Å²) >= 11 is 3.39. The smallest absolute Gasteiger partial charge is 0.253 e. The van der Waals surface area contributed by atoms with E-state index in [2.05, 4.69) is 22.9 Å². The van der Waals surface area contributed by atoms with Crippen LogP contribution in [0.2, 0.25) is 0 Å². The first-order valence-electron chi connectivity index (χ1n) is 6.66. The Balaban J connectivity index is 2.62. The Morgan fingerprint density at radius 2 is 2.00 bits per heavy atom. The van der Waals surface area contributed by atoms with E-state index in [4.69, 9.17) is 4.74 Å². The van der Waals surface area contributed by atoms with Gasteiger partial charge in [0.2, 0.25) is 0 Å². The number of nitrogens with zero attached hydrogens (tertiary/aromatic N) is 1. The Bertz CT molecular complexity index is 392. The van der Waals surface area contributed by atoms with Gasteiger partial charge in [0.05, 0.1) is 6.61 Å². The van der Waals surface area contributed by atoms with Gasteiger partial charge in [-0.15, -0.1) is 0 Å². The van der Waals surface area contributed by atoms with Gasteiger partial charge in [0.1, 0.15) is 5.75 Å². The van der Waals surface area contributed by atoms with Crippen molar-refractivity contribution in [2.24, 2.45) is 0 Å². The van der Waals surface area contributed by atoms with Crippen LogP contribution in [0.15, 0.2) is 24.3 Å². The highest BCUT2D eigenvalue weighted by Gasteiger charge is 2.16. The number of hydrogen-bond acceptors (Lipinski definition) is 2. The number of halogens is 1. The van der Waals surface area contributed by atoms with Crippen LogP contribution >= 0.6 is 15.9 Å². The lowest BCUT2D eigenvalue weighted by molar-refractivity contribution is 0.0758. The molecular weight excluding hydrogens is 306 g/mol. The predicted molar refractivity (Wildman–Crippen MR) is 82.2 cm³/mol. The van der Waals surface area contributed by atoms with E-state index in [9.17, 15) is 4.79 Å². The summed E-state index contributed by atoms with van der Waals surface area (Å²) in [5.74, 6) is 0.855. The maximum atomic E-state index is 12.2. The highest BCUT2D eigenvalue weighted by Crippen LogP contribution is 2.15. The number of hydrogen-bond donors (Lipinski definition) is 0. The van der Waals surface area contributed by atoms with Crippen LogP contribution in [0.4, 0.5) is 0 Å². The van der Waals surface area contributed by atoms with Crippen LogP contribution < -0.4 is 4.74 Å². The standard InChI is InChI=1S/C15H22BrNO2/c1-4-5-10-19-14-8-6-13(7-9-14)15(18)17(3)12(2)11-16/h6-9,12H,4-5,10-11H2,1-3H3. The number of rotatable bonds is 7. The van der Waals surface area contributed by atoms with Gasteiger partial charge in [0.25, 0.3) is 5.91 Å². The summed E-state index contributed by atoms with van der Waals surface area (Å²) < 4.78 is 5.58. The van der Waals surface area contributed by atoms with Gasteiger partial charge in [-0.3, -0.25) is 4.79 Å². The normalized spacial score (nSPS) is 12.0. The molecule has 1 rings (SSSR count). The minimum absolute atomic E-state index is 0.0343. The van der Waals surface area contributed by atoms with E-state index in [-0.39, 0.29) is 11.9 Å². The van der Waals surface area contributed by atoms with E-state index < -0.39 is 0 Å². The summed E-state index contributed by atoms with van der Waals surface area (Å²) in [4.78, 5) is 13.9. The van der Waals surface area contributed by atoms with E-state index in [1.165, 1.54) is 0 Å². The highest BCUT2D eigenvalue weighted by molar-refractivity contribution is 9.09. The monoisotopic (exact) mass is 327 g/mol. The lowest BCUT2D eigenvalue weighted by atomic mass is 10.2. The molecule has 1 amide bonds. The maximum Gasteiger partial charge on any atom is 0.253 e. The molecule has 1 atom stereocenters. The molecule has 0 saturated carbocycles. The van der Waals surface area contributed by atoms with E-state index in [0.29, 0.717) is 5.56 Å². The molecule has 3 nitrogen and oxygen atoms in total. The number of carbonyl (C=O) groups is 1. The lowest BCUT2D eigenvalue weighted by Crippen LogP contribution is -2.36. The maximum absolute atomic E-state index is 12.2. The Morgan fingerprint density at radius 3 is 2.53 bits per heavy atom. The van der Waals surface area contributed by atoms with Crippen molar-refractivity contribution in [3.05, 3.63) is 29.8 Å². The molecule has 0 heterocycles. The third-order valence-electron chi connectivity index (χ3n) is 3.07. The molecule has 0 saturated heterocycles. The second-order valence-corrected chi connectivity index (χ2v) is 5.29. The highest BCUT2D eigenvalue weighted by atomic mass is 79.9. The molecule has 0 aliphatic rings. The summed E-state index contributed by atoms with van der Waals surface area (Å²) in [6.45, 7) is 4.87. The fraction of sp³-hybridized carbons (Fsp3) is 0.533. The minimum atomic E-state index is 0.0343. The summed E-state index contributed by atoms with van der Waals surface area (Å²) in [5, 5.41) is 0.771. The van der Waals surface area contributed by atoms with Crippen molar-refractivity contribution in [1.29, 1.82) is 0 Å². The molecule has 1 unspecified atom stereocenters. The van der Waals surface area contributed by atoms with Crippen molar-refractivity contribution >= 4 is 21.8 Å². The van der Waals surface area contributed by atoms with E-state index in [1.54, 1.807) is 4.90 Å². The second kappa shape index (κ2) is 8.20. The van der Waals surface area contributed by atoms with Crippen LogP contribution in [0, 0.1) is 0 Å². The van der Waals surface area contributed by atoms with Crippen molar-refractivity contribution in [2.45, 2.75) is 32.7 Å². The number of alkyl halides is 1. The molecule has 0 aliphatic carbocycles. The molecule has 1 aromatic rings. The molecule has 4 heteroatoms. The van der Waals surface area contributed by atoms with Gasteiger partial charge in [-0.1, -0.05) is 29.3 Å². The molecule has 0 aromatic heterocycles.